The molecule has 0 saturated heterocycles. The second-order valence-corrected chi connectivity index (χ2v) is 2.97. The van der Waals surface area contributed by atoms with E-state index in [2.05, 4.69) is 4.99 Å². The standard InChI is InChI=1S/C10H12N2O/c1-12(2)10-5-3-9(4-6-10)7-11-8-13/h3-6H,7H2,1-2H3. The number of rotatable bonds is 3. The van der Waals surface area contributed by atoms with Crippen LogP contribution in [0.5, 0.6) is 0 Å². The van der Waals surface area contributed by atoms with Gasteiger partial charge >= 0.3 is 0 Å². The van der Waals surface area contributed by atoms with E-state index >= 15 is 0 Å². The molecule has 0 radical (unpaired) electrons. The van der Waals surface area contributed by atoms with E-state index in [9.17, 15) is 4.79 Å². The van der Waals surface area contributed by atoms with Gasteiger partial charge in [-0.15, -0.1) is 0 Å². The molecule has 13 heavy (non-hydrogen) atoms. The summed E-state index contributed by atoms with van der Waals surface area (Å²) < 4.78 is 0. The number of benzene rings is 1. The minimum atomic E-state index is 0.414. The molecule has 1 rings (SSSR count). The maximum absolute atomic E-state index is 9.85. The summed E-state index contributed by atoms with van der Waals surface area (Å²) in [5.41, 5.74) is 2.16. The summed E-state index contributed by atoms with van der Waals surface area (Å²) >= 11 is 0. The number of hydrogen-bond donors (Lipinski definition) is 0. The molecule has 0 saturated carbocycles. The average Bonchev–Trinajstić information content (AvgIpc) is 2.15. The number of nitrogens with zero attached hydrogens (tertiary/aromatic N) is 2. The number of anilines is 1. The van der Waals surface area contributed by atoms with Crippen LogP contribution in [0, 0.1) is 0 Å². The van der Waals surface area contributed by atoms with E-state index in [1.165, 1.54) is 6.08 Å². The molecule has 0 spiro atoms. The minimum Gasteiger partial charge on any atom is -0.378 e. The van der Waals surface area contributed by atoms with E-state index in [0.29, 0.717) is 6.54 Å². The lowest BCUT2D eigenvalue weighted by Crippen LogP contribution is -2.08. The molecule has 0 aliphatic heterocycles. The van der Waals surface area contributed by atoms with Crippen LogP contribution in [-0.2, 0) is 11.3 Å². The third-order valence-corrected chi connectivity index (χ3v) is 1.78. The summed E-state index contributed by atoms with van der Waals surface area (Å²) in [7, 11) is 3.97. The summed E-state index contributed by atoms with van der Waals surface area (Å²) in [6, 6.07) is 7.90. The summed E-state index contributed by atoms with van der Waals surface area (Å²) in [6.07, 6.45) is 1.52. The van der Waals surface area contributed by atoms with Gasteiger partial charge in [-0.25, -0.2) is 9.79 Å². The van der Waals surface area contributed by atoms with Crippen molar-refractivity contribution in [3.05, 3.63) is 29.8 Å². The summed E-state index contributed by atoms with van der Waals surface area (Å²) in [5, 5.41) is 0. The van der Waals surface area contributed by atoms with E-state index in [1.807, 2.05) is 43.3 Å². The van der Waals surface area contributed by atoms with Crippen LogP contribution in [0.3, 0.4) is 0 Å². The SMILES string of the molecule is CN(C)c1ccc(CN=C=O)cc1. The third kappa shape index (κ3) is 2.73. The van der Waals surface area contributed by atoms with Gasteiger partial charge in [0.25, 0.3) is 0 Å². The highest BCUT2D eigenvalue weighted by atomic mass is 16.1. The van der Waals surface area contributed by atoms with Gasteiger partial charge in [0.1, 0.15) is 0 Å². The predicted molar refractivity (Wildman–Crippen MR) is 52.6 cm³/mol. The fourth-order valence-corrected chi connectivity index (χ4v) is 1.02. The van der Waals surface area contributed by atoms with Gasteiger partial charge in [-0.2, -0.15) is 0 Å². The van der Waals surface area contributed by atoms with Gasteiger partial charge in [0.2, 0.25) is 6.08 Å². The Hall–Kier alpha value is -1.60. The highest BCUT2D eigenvalue weighted by molar-refractivity contribution is 5.46. The Morgan fingerprint density at radius 2 is 1.92 bits per heavy atom. The fourth-order valence-electron chi connectivity index (χ4n) is 1.02. The Kier molecular flexibility index (Phi) is 3.23. The number of carbonyl (C=O) groups excluding carboxylic acids is 1. The lowest BCUT2D eigenvalue weighted by atomic mass is 10.2. The molecule has 1 aromatic carbocycles. The number of hydrogen-bond acceptors (Lipinski definition) is 3. The van der Waals surface area contributed by atoms with Crippen molar-refractivity contribution in [2.75, 3.05) is 19.0 Å². The average molecular weight is 176 g/mol. The quantitative estimate of drug-likeness (QED) is 0.517. The maximum atomic E-state index is 9.85. The first-order valence-corrected chi connectivity index (χ1v) is 4.04. The van der Waals surface area contributed by atoms with Crippen molar-refractivity contribution in [1.82, 2.24) is 0 Å². The van der Waals surface area contributed by atoms with Gasteiger partial charge < -0.3 is 4.90 Å². The topological polar surface area (TPSA) is 32.7 Å². The van der Waals surface area contributed by atoms with Crippen LogP contribution in [0.1, 0.15) is 5.56 Å². The molecular weight excluding hydrogens is 164 g/mol. The molecule has 3 nitrogen and oxygen atoms in total. The van der Waals surface area contributed by atoms with Gasteiger partial charge in [0.05, 0.1) is 6.54 Å². The van der Waals surface area contributed by atoms with Crippen molar-refractivity contribution in [3.63, 3.8) is 0 Å². The molecule has 1 aromatic rings. The number of aliphatic imine (C=N–C) groups is 1. The maximum Gasteiger partial charge on any atom is 0.235 e. The van der Waals surface area contributed by atoms with Crippen LogP contribution in [0.15, 0.2) is 29.3 Å². The van der Waals surface area contributed by atoms with Crippen LogP contribution >= 0.6 is 0 Å². The monoisotopic (exact) mass is 176 g/mol. The van der Waals surface area contributed by atoms with E-state index in [0.717, 1.165) is 11.3 Å². The van der Waals surface area contributed by atoms with Gasteiger partial charge in [-0.05, 0) is 17.7 Å². The molecule has 0 heterocycles. The Balaban J connectivity index is 2.75. The highest BCUT2D eigenvalue weighted by Crippen LogP contribution is 2.12. The van der Waals surface area contributed by atoms with Crippen LogP contribution < -0.4 is 4.90 Å². The predicted octanol–water partition coefficient (Wildman–Crippen LogP) is 1.59. The first-order valence-electron chi connectivity index (χ1n) is 4.04. The second-order valence-electron chi connectivity index (χ2n) is 2.97. The van der Waals surface area contributed by atoms with Crippen molar-refractivity contribution < 1.29 is 4.79 Å². The Labute approximate surface area is 77.7 Å². The molecule has 0 atom stereocenters. The molecular formula is C10H12N2O. The Morgan fingerprint density at radius 3 is 2.38 bits per heavy atom. The molecule has 3 heteroatoms. The fraction of sp³-hybridized carbons (Fsp3) is 0.300. The molecule has 0 N–H and O–H groups in total. The molecule has 0 fully saturated rings. The molecule has 0 bridgehead atoms. The largest absolute Gasteiger partial charge is 0.378 e. The van der Waals surface area contributed by atoms with Crippen molar-refractivity contribution in [2.45, 2.75) is 6.54 Å². The first kappa shape index (κ1) is 9.49. The van der Waals surface area contributed by atoms with Crippen LogP contribution in [0.2, 0.25) is 0 Å². The third-order valence-electron chi connectivity index (χ3n) is 1.78. The molecule has 0 aromatic heterocycles. The molecule has 68 valence electrons. The van der Waals surface area contributed by atoms with Crippen molar-refractivity contribution in [3.8, 4) is 0 Å². The Morgan fingerprint density at radius 1 is 1.31 bits per heavy atom. The first-order chi connectivity index (χ1) is 6.24. The van der Waals surface area contributed by atoms with E-state index < -0.39 is 0 Å². The van der Waals surface area contributed by atoms with Crippen LogP contribution in [-0.4, -0.2) is 20.2 Å². The van der Waals surface area contributed by atoms with Gasteiger partial charge in [-0.1, -0.05) is 12.1 Å². The normalized spacial score (nSPS) is 9.08. The van der Waals surface area contributed by atoms with Crippen molar-refractivity contribution in [2.24, 2.45) is 4.99 Å². The smallest absolute Gasteiger partial charge is 0.235 e. The second kappa shape index (κ2) is 4.43. The van der Waals surface area contributed by atoms with Crippen LogP contribution in [0.25, 0.3) is 0 Å². The van der Waals surface area contributed by atoms with Crippen LogP contribution in [0.4, 0.5) is 5.69 Å². The van der Waals surface area contributed by atoms with Gasteiger partial charge in [0.15, 0.2) is 0 Å². The Bertz CT molecular complexity index is 310. The van der Waals surface area contributed by atoms with Gasteiger partial charge in [-0.3, -0.25) is 0 Å². The summed E-state index contributed by atoms with van der Waals surface area (Å²) in [5.74, 6) is 0. The van der Waals surface area contributed by atoms with Gasteiger partial charge in [0, 0.05) is 19.8 Å². The minimum absolute atomic E-state index is 0.414. The summed E-state index contributed by atoms with van der Waals surface area (Å²) in [4.78, 5) is 15.4. The van der Waals surface area contributed by atoms with E-state index in [4.69, 9.17) is 0 Å². The van der Waals surface area contributed by atoms with Crippen molar-refractivity contribution in [1.29, 1.82) is 0 Å². The molecule has 0 aliphatic rings. The molecule has 0 aliphatic carbocycles. The zero-order chi connectivity index (χ0) is 9.68. The highest BCUT2D eigenvalue weighted by Gasteiger charge is 1.94. The lowest BCUT2D eigenvalue weighted by molar-refractivity contribution is 0.563. The summed E-state index contributed by atoms with van der Waals surface area (Å²) in [6.45, 7) is 0.414. The lowest BCUT2D eigenvalue weighted by Gasteiger charge is -2.11. The number of isocyanates is 1. The molecule has 0 unspecified atom stereocenters. The zero-order valence-electron chi connectivity index (χ0n) is 7.82. The van der Waals surface area contributed by atoms with Crippen molar-refractivity contribution >= 4 is 11.8 Å². The van der Waals surface area contributed by atoms with E-state index in [-0.39, 0.29) is 0 Å². The molecule has 0 amide bonds. The zero-order valence-corrected chi connectivity index (χ0v) is 7.82. The van der Waals surface area contributed by atoms with E-state index in [1.54, 1.807) is 0 Å².